The molecule has 0 saturated carbocycles. The van der Waals surface area contributed by atoms with E-state index in [0.717, 1.165) is 22.2 Å². The number of aromatic nitrogens is 1. The lowest BCUT2D eigenvalue weighted by Gasteiger charge is -2.25. The first kappa shape index (κ1) is 23.4. The molecule has 3 aromatic carbocycles. The molecule has 4 aromatic rings. The number of methoxy groups -OCH3 is 1. The van der Waals surface area contributed by atoms with Gasteiger partial charge in [-0.1, -0.05) is 30.3 Å². The molecule has 0 aliphatic carbocycles. The third kappa shape index (κ3) is 4.02. The summed E-state index contributed by atoms with van der Waals surface area (Å²) in [6, 6.07) is 19.3. The number of ketones is 1. The van der Waals surface area contributed by atoms with Gasteiger partial charge in [-0.2, -0.15) is 0 Å². The summed E-state index contributed by atoms with van der Waals surface area (Å²) in [4.78, 5) is 31.3. The third-order valence-electron chi connectivity index (χ3n) is 6.72. The molecule has 2 N–H and O–H groups in total. The molecule has 0 spiro atoms. The molecular weight excluding hydrogens is 459 g/mol. The van der Waals surface area contributed by atoms with Gasteiger partial charge < -0.3 is 19.7 Å². The Morgan fingerprint density at radius 2 is 1.72 bits per heavy atom. The average Bonchev–Trinajstić information content (AvgIpc) is 3.35. The highest BCUT2D eigenvalue weighted by Crippen LogP contribution is 2.40. The number of aryl methyl sites for hydroxylation is 1. The van der Waals surface area contributed by atoms with E-state index < -0.39 is 23.5 Å². The van der Waals surface area contributed by atoms with Gasteiger partial charge in [0.1, 0.15) is 17.3 Å². The van der Waals surface area contributed by atoms with E-state index in [1.54, 1.807) is 24.3 Å². The van der Waals surface area contributed by atoms with Gasteiger partial charge in [-0.05, 0) is 66.9 Å². The van der Waals surface area contributed by atoms with Gasteiger partial charge in [-0.15, -0.1) is 0 Å². The van der Waals surface area contributed by atoms with Crippen LogP contribution in [-0.2, 0) is 16.0 Å². The standard InChI is InChI=1S/C29H25FN2O4/c1-17-22(23-5-3-4-6-24(23)31-17)15-16-32-26(18-7-11-20(30)12-8-18)25(28(34)29(32)35)27(33)19-9-13-21(36-2)14-10-19/h3-14,26,31,33H,15-16H2,1-2H3. The van der Waals surface area contributed by atoms with Crippen molar-refractivity contribution in [3.63, 3.8) is 0 Å². The number of nitrogens with one attached hydrogen (secondary N) is 1. The number of benzene rings is 3. The molecule has 1 atom stereocenters. The molecular formula is C29H25FN2O4. The lowest BCUT2D eigenvalue weighted by atomic mass is 9.95. The summed E-state index contributed by atoms with van der Waals surface area (Å²) in [6.45, 7) is 2.22. The van der Waals surface area contributed by atoms with E-state index in [1.807, 2.05) is 31.2 Å². The van der Waals surface area contributed by atoms with E-state index in [9.17, 15) is 19.1 Å². The molecule has 182 valence electrons. The Hall–Kier alpha value is -4.39. The Balaban J connectivity index is 1.57. The van der Waals surface area contributed by atoms with Gasteiger partial charge >= 0.3 is 0 Å². The highest BCUT2D eigenvalue weighted by molar-refractivity contribution is 6.46. The number of likely N-dealkylation sites (tertiary alicyclic amines) is 1. The number of aliphatic hydroxyl groups excluding tert-OH is 1. The van der Waals surface area contributed by atoms with Crippen LogP contribution in [0.1, 0.15) is 28.4 Å². The number of rotatable bonds is 6. The van der Waals surface area contributed by atoms with Gasteiger partial charge in [0.15, 0.2) is 0 Å². The fourth-order valence-electron chi connectivity index (χ4n) is 4.90. The zero-order chi connectivity index (χ0) is 25.4. The largest absolute Gasteiger partial charge is 0.507 e. The second-order valence-corrected chi connectivity index (χ2v) is 8.80. The Bertz CT molecular complexity index is 1490. The Labute approximate surface area is 207 Å². The number of carbonyl (C=O) groups is 2. The van der Waals surface area contributed by atoms with Crippen molar-refractivity contribution in [1.29, 1.82) is 0 Å². The van der Waals surface area contributed by atoms with Crippen LogP contribution in [0.4, 0.5) is 4.39 Å². The summed E-state index contributed by atoms with van der Waals surface area (Å²) >= 11 is 0. The van der Waals surface area contributed by atoms with Crippen molar-refractivity contribution < 1.29 is 23.8 Å². The monoisotopic (exact) mass is 484 g/mol. The molecule has 1 fully saturated rings. The molecule has 0 bridgehead atoms. The van der Waals surface area contributed by atoms with Crippen LogP contribution in [0.15, 0.2) is 78.4 Å². The van der Waals surface area contributed by atoms with Gasteiger partial charge in [-0.3, -0.25) is 9.59 Å². The van der Waals surface area contributed by atoms with Crippen LogP contribution in [0.2, 0.25) is 0 Å². The topological polar surface area (TPSA) is 82.6 Å². The van der Waals surface area contributed by atoms with E-state index in [-0.39, 0.29) is 17.9 Å². The van der Waals surface area contributed by atoms with Crippen molar-refractivity contribution in [2.24, 2.45) is 0 Å². The molecule has 7 heteroatoms. The number of amides is 1. The van der Waals surface area contributed by atoms with Gasteiger partial charge in [0.05, 0.1) is 18.7 Å². The maximum Gasteiger partial charge on any atom is 0.295 e. The van der Waals surface area contributed by atoms with Crippen molar-refractivity contribution in [2.45, 2.75) is 19.4 Å². The second kappa shape index (κ2) is 9.34. The molecule has 5 rings (SSSR count). The van der Waals surface area contributed by atoms with Crippen molar-refractivity contribution in [2.75, 3.05) is 13.7 Å². The molecule has 1 saturated heterocycles. The number of para-hydroxylation sites is 1. The molecule has 1 aromatic heterocycles. The zero-order valence-electron chi connectivity index (χ0n) is 19.9. The number of carbonyl (C=O) groups excluding carboxylic acids is 2. The van der Waals surface area contributed by atoms with Crippen LogP contribution in [0.3, 0.4) is 0 Å². The van der Waals surface area contributed by atoms with Gasteiger partial charge in [0.2, 0.25) is 0 Å². The summed E-state index contributed by atoms with van der Waals surface area (Å²) < 4.78 is 18.9. The van der Waals surface area contributed by atoms with Crippen LogP contribution < -0.4 is 4.74 Å². The Morgan fingerprint density at radius 3 is 2.42 bits per heavy atom. The van der Waals surface area contributed by atoms with Crippen LogP contribution in [0.5, 0.6) is 5.75 Å². The number of aromatic amines is 1. The van der Waals surface area contributed by atoms with Gasteiger partial charge in [0.25, 0.3) is 11.7 Å². The molecule has 1 unspecified atom stereocenters. The maximum atomic E-state index is 13.7. The number of H-pyrrole nitrogens is 1. The van der Waals surface area contributed by atoms with Crippen LogP contribution >= 0.6 is 0 Å². The number of ether oxygens (including phenoxy) is 1. The lowest BCUT2D eigenvalue weighted by Crippen LogP contribution is -2.31. The summed E-state index contributed by atoms with van der Waals surface area (Å²) in [5.74, 6) is -1.59. The SMILES string of the molecule is COc1ccc(C(O)=C2C(=O)C(=O)N(CCc3c(C)[nH]c4ccccc34)C2c2ccc(F)cc2)cc1. The first-order chi connectivity index (χ1) is 17.4. The highest BCUT2D eigenvalue weighted by Gasteiger charge is 2.45. The summed E-state index contributed by atoms with van der Waals surface area (Å²) in [5, 5.41) is 12.2. The van der Waals surface area contributed by atoms with Crippen LogP contribution in [0.25, 0.3) is 16.7 Å². The number of nitrogens with zero attached hydrogens (tertiary/aromatic N) is 1. The predicted octanol–water partition coefficient (Wildman–Crippen LogP) is 5.29. The molecule has 1 aliphatic rings. The van der Waals surface area contributed by atoms with Gasteiger partial charge in [0, 0.05) is 28.7 Å². The number of halogens is 1. The minimum absolute atomic E-state index is 0.0209. The smallest absolute Gasteiger partial charge is 0.295 e. The predicted molar refractivity (Wildman–Crippen MR) is 135 cm³/mol. The first-order valence-corrected chi connectivity index (χ1v) is 11.6. The number of hydrogen-bond donors (Lipinski definition) is 2. The van der Waals surface area contributed by atoms with Crippen molar-refractivity contribution in [3.05, 3.63) is 107 Å². The molecule has 0 radical (unpaired) electrons. The number of fused-ring (bicyclic) bond motifs is 1. The van der Waals surface area contributed by atoms with E-state index in [2.05, 4.69) is 4.98 Å². The maximum absolute atomic E-state index is 13.7. The molecule has 36 heavy (non-hydrogen) atoms. The second-order valence-electron chi connectivity index (χ2n) is 8.80. The number of Topliss-reactive ketones (excluding diaryl/α,β-unsaturated/α-hetero) is 1. The van der Waals surface area contributed by atoms with Gasteiger partial charge in [-0.25, -0.2) is 4.39 Å². The minimum atomic E-state index is -0.849. The molecule has 1 amide bonds. The van der Waals surface area contributed by atoms with E-state index in [4.69, 9.17) is 4.74 Å². The Morgan fingerprint density at radius 1 is 1.03 bits per heavy atom. The molecule has 2 heterocycles. The zero-order valence-corrected chi connectivity index (χ0v) is 19.9. The first-order valence-electron chi connectivity index (χ1n) is 11.6. The van der Waals surface area contributed by atoms with E-state index in [0.29, 0.717) is 23.3 Å². The molecule has 1 aliphatic heterocycles. The normalized spacial score (nSPS) is 17.2. The van der Waals surface area contributed by atoms with Crippen molar-refractivity contribution >= 4 is 28.4 Å². The quantitative estimate of drug-likeness (QED) is 0.221. The molecule has 6 nitrogen and oxygen atoms in total. The third-order valence-corrected chi connectivity index (χ3v) is 6.72. The summed E-state index contributed by atoms with van der Waals surface area (Å²) in [6.07, 6.45) is 0.503. The average molecular weight is 485 g/mol. The summed E-state index contributed by atoms with van der Waals surface area (Å²) in [7, 11) is 1.53. The fraction of sp³-hybridized carbons (Fsp3) is 0.172. The fourth-order valence-corrected chi connectivity index (χ4v) is 4.90. The lowest BCUT2D eigenvalue weighted by molar-refractivity contribution is -0.139. The van der Waals surface area contributed by atoms with Crippen molar-refractivity contribution in [3.8, 4) is 5.75 Å². The van der Waals surface area contributed by atoms with E-state index in [1.165, 1.54) is 36.3 Å². The summed E-state index contributed by atoms with van der Waals surface area (Å²) in [5.41, 5.74) is 3.95. The Kier molecular flexibility index (Phi) is 6.06. The van der Waals surface area contributed by atoms with Crippen LogP contribution in [0, 0.1) is 12.7 Å². The highest BCUT2D eigenvalue weighted by atomic mass is 19.1. The van der Waals surface area contributed by atoms with E-state index >= 15 is 0 Å². The number of hydrogen-bond acceptors (Lipinski definition) is 4. The van der Waals surface area contributed by atoms with Crippen LogP contribution in [-0.4, -0.2) is 40.3 Å². The number of aliphatic hydroxyl groups is 1. The minimum Gasteiger partial charge on any atom is -0.507 e. The van der Waals surface area contributed by atoms with Crippen molar-refractivity contribution in [1.82, 2.24) is 9.88 Å².